The quantitative estimate of drug-likeness (QED) is 0.377. The maximum absolute atomic E-state index is 12.3. The summed E-state index contributed by atoms with van der Waals surface area (Å²) in [6.07, 6.45) is 5.25. The highest BCUT2D eigenvalue weighted by Gasteiger charge is 2.19. The van der Waals surface area contributed by atoms with Gasteiger partial charge in [0.1, 0.15) is 5.02 Å². The molecule has 0 aliphatic carbocycles. The van der Waals surface area contributed by atoms with Crippen molar-refractivity contribution in [2.24, 2.45) is 5.10 Å². The van der Waals surface area contributed by atoms with Gasteiger partial charge < -0.3 is 10.3 Å². The molecule has 3 N–H and O–H groups in total. The Labute approximate surface area is 169 Å². The molecule has 2 aromatic heterocycles. The smallest absolute Gasteiger partial charge is 0.291 e. The van der Waals surface area contributed by atoms with Crippen LogP contribution in [0, 0.1) is 0 Å². The molecule has 7 nitrogen and oxygen atoms in total. The Morgan fingerprint density at radius 3 is 2.52 bits per heavy atom. The van der Waals surface area contributed by atoms with Crippen molar-refractivity contribution in [1.29, 1.82) is 0 Å². The van der Waals surface area contributed by atoms with Gasteiger partial charge in [0.15, 0.2) is 10.8 Å². The average molecular weight is 424 g/mol. The van der Waals surface area contributed by atoms with Crippen LogP contribution in [-0.2, 0) is 0 Å². The number of rotatable bonds is 4. The van der Waals surface area contributed by atoms with E-state index in [0.29, 0.717) is 5.71 Å². The molecular weight excluding hydrogens is 411 g/mol. The summed E-state index contributed by atoms with van der Waals surface area (Å²) in [5, 5.41) is 3.87. The molecule has 0 saturated carbocycles. The molecule has 10 heteroatoms. The Balaban J connectivity index is 1.77. The molecule has 0 spiro atoms. The number of hydrogen-bond donors (Lipinski definition) is 2. The molecule has 27 heavy (non-hydrogen) atoms. The molecule has 138 valence electrons. The standard InChI is InChI=1S/C17H13Cl3N6O/c1-9(10-2-4-11(5-3-10)26-7-6-22-8-26)24-25-17(27)15-12(18)14(21)13(19)16(20)23-15/h2-8H,1H3,(H2,21,23)(H,25,27)/b24-9+. The number of aromatic nitrogens is 3. The van der Waals surface area contributed by atoms with E-state index in [0.717, 1.165) is 11.3 Å². The summed E-state index contributed by atoms with van der Waals surface area (Å²) in [7, 11) is 0. The number of amides is 1. The average Bonchev–Trinajstić information content (AvgIpc) is 3.22. The molecule has 3 aromatic rings. The first-order valence-corrected chi connectivity index (χ1v) is 8.75. The summed E-state index contributed by atoms with van der Waals surface area (Å²) < 4.78 is 1.88. The molecule has 0 radical (unpaired) electrons. The van der Waals surface area contributed by atoms with Crippen LogP contribution in [0.3, 0.4) is 0 Å². The van der Waals surface area contributed by atoms with E-state index in [2.05, 4.69) is 20.5 Å². The van der Waals surface area contributed by atoms with Gasteiger partial charge in [-0.1, -0.05) is 46.9 Å². The molecular formula is C17H13Cl3N6O. The van der Waals surface area contributed by atoms with Crippen molar-refractivity contribution in [1.82, 2.24) is 20.0 Å². The molecule has 0 fully saturated rings. The summed E-state index contributed by atoms with van der Waals surface area (Å²) in [4.78, 5) is 20.2. The van der Waals surface area contributed by atoms with Crippen LogP contribution < -0.4 is 11.2 Å². The van der Waals surface area contributed by atoms with Crippen LogP contribution in [0.2, 0.25) is 15.2 Å². The van der Waals surface area contributed by atoms with Crippen LogP contribution in [0.1, 0.15) is 23.0 Å². The summed E-state index contributed by atoms with van der Waals surface area (Å²) >= 11 is 17.7. The fraction of sp³-hybridized carbons (Fsp3) is 0.0588. The van der Waals surface area contributed by atoms with E-state index in [-0.39, 0.29) is 26.6 Å². The van der Waals surface area contributed by atoms with E-state index in [9.17, 15) is 4.79 Å². The molecule has 0 aliphatic rings. The van der Waals surface area contributed by atoms with Crippen LogP contribution in [0.5, 0.6) is 0 Å². The van der Waals surface area contributed by atoms with Crippen molar-refractivity contribution in [3.05, 3.63) is 69.4 Å². The maximum atomic E-state index is 12.3. The summed E-state index contributed by atoms with van der Waals surface area (Å²) in [6, 6.07) is 7.58. The van der Waals surface area contributed by atoms with Gasteiger partial charge in [0.05, 0.1) is 22.7 Å². The van der Waals surface area contributed by atoms with Gasteiger partial charge in [-0.3, -0.25) is 4.79 Å². The minimum atomic E-state index is -0.653. The first-order chi connectivity index (χ1) is 12.9. The zero-order valence-corrected chi connectivity index (χ0v) is 16.2. The van der Waals surface area contributed by atoms with Gasteiger partial charge in [0.25, 0.3) is 5.91 Å². The van der Waals surface area contributed by atoms with Gasteiger partial charge in [-0.15, -0.1) is 0 Å². The van der Waals surface area contributed by atoms with Gasteiger partial charge in [0, 0.05) is 18.1 Å². The Kier molecular flexibility index (Phi) is 5.65. The van der Waals surface area contributed by atoms with Crippen molar-refractivity contribution >= 4 is 52.1 Å². The number of imidazole rings is 1. The van der Waals surface area contributed by atoms with Gasteiger partial charge in [-0.05, 0) is 24.6 Å². The van der Waals surface area contributed by atoms with Gasteiger partial charge in [-0.2, -0.15) is 5.10 Å². The van der Waals surface area contributed by atoms with Gasteiger partial charge in [-0.25, -0.2) is 15.4 Å². The van der Waals surface area contributed by atoms with Crippen molar-refractivity contribution in [2.45, 2.75) is 6.92 Å². The van der Waals surface area contributed by atoms with Gasteiger partial charge >= 0.3 is 0 Å². The summed E-state index contributed by atoms with van der Waals surface area (Å²) in [6.45, 7) is 1.75. The third-order valence-corrected chi connectivity index (χ3v) is 4.84. The number of nitrogens with zero attached hydrogens (tertiary/aromatic N) is 4. The molecule has 2 heterocycles. The lowest BCUT2D eigenvalue weighted by Gasteiger charge is -2.08. The Morgan fingerprint density at radius 2 is 1.89 bits per heavy atom. The largest absolute Gasteiger partial charge is 0.396 e. The highest BCUT2D eigenvalue weighted by molar-refractivity contribution is 6.46. The third kappa shape index (κ3) is 4.05. The Hall–Kier alpha value is -2.61. The number of carbonyl (C=O) groups is 1. The van der Waals surface area contributed by atoms with Crippen LogP contribution in [0.25, 0.3) is 5.69 Å². The number of anilines is 1. The highest BCUT2D eigenvalue weighted by Crippen LogP contribution is 2.34. The lowest BCUT2D eigenvalue weighted by atomic mass is 10.1. The first-order valence-electron chi connectivity index (χ1n) is 7.62. The molecule has 0 atom stereocenters. The molecule has 3 rings (SSSR count). The van der Waals surface area contributed by atoms with Crippen molar-refractivity contribution in [3.63, 3.8) is 0 Å². The van der Waals surface area contributed by atoms with Crippen LogP contribution in [0.15, 0.2) is 48.1 Å². The molecule has 0 aliphatic heterocycles. The lowest BCUT2D eigenvalue weighted by molar-refractivity contribution is 0.0950. The van der Waals surface area contributed by atoms with Crippen molar-refractivity contribution < 1.29 is 4.79 Å². The van der Waals surface area contributed by atoms with Gasteiger partial charge in [0.2, 0.25) is 0 Å². The molecule has 0 saturated heterocycles. The minimum Gasteiger partial charge on any atom is -0.396 e. The zero-order valence-electron chi connectivity index (χ0n) is 13.9. The monoisotopic (exact) mass is 422 g/mol. The second-order valence-corrected chi connectivity index (χ2v) is 6.56. The number of hydrazone groups is 1. The van der Waals surface area contributed by atoms with Crippen molar-refractivity contribution in [2.75, 3.05) is 5.73 Å². The van der Waals surface area contributed by atoms with E-state index < -0.39 is 5.91 Å². The number of nitrogens with two attached hydrogens (primary N) is 1. The third-order valence-electron chi connectivity index (χ3n) is 3.70. The number of nitrogen functional groups attached to an aromatic ring is 1. The highest BCUT2D eigenvalue weighted by atomic mass is 35.5. The Morgan fingerprint density at radius 1 is 1.19 bits per heavy atom. The zero-order chi connectivity index (χ0) is 19.6. The fourth-order valence-electron chi connectivity index (χ4n) is 2.22. The number of hydrogen-bond acceptors (Lipinski definition) is 5. The SMILES string of the molecule is C/C(=N\NC(=O)c1nc(Cl)c(Cl)c(N)c1Cl)c1ccc(-n2ccnc2)cc1. The predicted molar refractivity (Wildman–Crippen MR) is 107 cm³/mol. The molecule has 0 unspecified atom stereocenters. The fourth-order valence-corrected chi connectivity index (χ4v) is 2.81. The van der Waals surface area contributed by atoms with E-state index in [4.69, 9.17) is 40.5 Å². The summed E-state index contributed by atoms with van der Waals surface area (Å²) in [5.41, 5.74) is 10.3. The van der Waals surface area contributed by atoms with E-state index in [1.807, 2.05) is 35.0 Å². The van der Waals surface area contributed by atoms with E-state index in [1.54, 1.807) is 19.4 Å². The normalized spacial score (nSPS) is 11.5. The topological polar surface area (TPSA) is 98.2 Å². The lowest BCUT2D eigenvalue weighted by Crippen LogP contribution is -2.21. The van der Waals surface area contributed by atoms with Crippen LogP contribution in [0.4, 0.5) is 5.69 Å². The van der Waals surface area contributed by atoms with E-state index in [1.165, 1.54) is 0 Å². The summed E-state index contributed by atoms with van der Waals surface area (Å²) in [5.74, 6) is -0.653. The maximum Gasteiger partial charge on any atom is 0.291 e. The number of carbonyl (C=O) groups excluding carboxylic acids is 1. The number of benzene rings is 1. The number of nitrogens with one attached hydrogen (secondary N) is 1. The minimum absolute atomic E-state index is 0.00381. The van der Waals surface area contributed by atoms with Crippen LogP contribution >= 0.6 is 34.8 Å². The number of halogens is 3. The van der Waals surface area contributed by atoms with E-state index >= 15 is 0 Å². The number of pyridine rings is 1. The molecule has 1 amide bonds. The van der Waals surface area contributed by atoms with Crippen molar-refractivity contribution in [3.8, 4) is 5.69 Å². The molecule has 0 bridgehead atoms. The Bertz CT molecular complexity index is 1020. The molecule has 1 aromatic carbocycles. The predicted octanol–water partition coefficient (Wildman–Crippen LogP) is 3.96. The van der Waals surface area contributed by atoms with Crippen LogP contribution in [-0.4, -0.2) is 26.2 Å². The second-order valence-electron chi connectivity index (χ2n) is 5.45. The first kappa shape index (κ1) is 19.2. The second kappa shape index (κ2) is 7.96.